The third-order valence-corrected chi connectivity index (χ3v) is 4.34. The van der Waals surface area contributed by atoms with Crippen molar-refractivity contribution in [1.29, 1.82) is 0 Å². The predicted octanol–water partition coefficient (Wildman–Crippen LogP) is 0.995. The fourth-order valence-corrected chi connectivity index (χ4v) is 3.11. The first-order chi connectivity index (χ1) is 11.7. The van der Waals surface area contributed by atoms with Crippen LogP contribution in [0.4, 0.5) is 4.79 Å². The van der Waals surface area contributed by atoms with Crippen LogP contribution in [0, 0.1) is 0 Å². The van der Waals surface area contributed by atoms with Gasteiger partial charge in [0.25, 0.3) is 5.56 Å². The van der Waals surface area contributed by atoms with Crippen molar-refractivity contribution in [2.75, 3.05) is 13.1 Å². The summed E-state index contributed by atoms with van der Waals surface area (Å²) in [6, 6.07) is -0.252. The summed E-state index contributed by atoms with van der Waals surface area (Å²) in [5.74, 6) is 0. The van der Waals surface area contributed by atoms with Gasteiger partial charge in [-0.1, -0.05) is 0 Å². The van der Waals surface area contributed by atoms with Gasteiger partial charge in [-0.05, 0) is 33.6 Å². The minimum atomic E-state index is -0.549. The molecule has 0 saturated carbocycles. The number of H-pyrrole nitrogens is 1. The molecule has 0 spiro atoms. The van der Waals surface area contributed by atoms with Crippen LogP contribution in [-0.4, -0.2) is 48.8 Å². The summed E-state index contributed by atoms with van der Waals surface area (Å²) in [6.07, 6.45) is 2.08. The van der Waals surface area contributed by atoms with E-state index in [4.69, 9.17) is 4.74 Å². The summed E-state index contributed by atoms with van der Waals surface area (Å²) in [4.78, 5) is 45.8. The molecule has 3 rings (SSSR count). The maximum absolute atomic E-state index is 12.6. The third kappa shape index (κ3) is 3.18. The van der Waals surface area contributed by atoms with Gasteiger partial charge < -0.3 is 14.6 Å². The number of carbonyl (C=O) groups excluding carboxylic acids is 1. The summed E-state index contributed by atoms with van der Waals surface area (Å²) in [5, 5.41) is 0. The van der Waals surface area contributed by atoms with E-state index in [1.807, 2.05) is 20.8 Å². The first-order valence-electron chi connectivity index (χ1n) is 8.31. The van der Waals surface area contributed by atoms with E-state index in [2.05, 4.69) is 9.97 Å². The van der Waals surface area contributed by atoms with E-state index in [9.17, 15) is 14.4 Å². The van der Waals surface area contributed by atoms with E-state index in [-0.39, 0.29) is 23.4 Å². The van der Waals surface area contributed by atoms with Crippen LogP contribution in [0.15, 0.2) is 15.9 Å². The summed E-state index contributed by atoms with van der Waals surface area (Å²) in [6.45, 7) is 6.34. The Labute approximate surface area is 144 Å². The van der Waals surface area contributed by atoms with Crippen molar-refractivity contribution in [3.63, 3.8) is 0 Å². The Morgan fingerprint density at radius 3 is 2.52 bits per heavy atom. The number of aryl methyl sites for hydroxylation is 1. The van der Waals surface area contributed by atoms with Crippen molar-refractivity contribution < 1.29 is 9.53 Å². The van der Waals surface area contributed by atoms with Crippen molar-refractivity contribution in [2.45, 2.75) is 45.3 Å². The highest BCUT2D eigenvalue weighted by Gasteiger charge is 2.29. The molecule has 1 amide bonds. The SMILES string of the molecule is Cn1c(=O)n(C2CCN(C(=O)OC(C)(C)C)CC2)c(=O)c2[nH]cnc21. The van der Waals surface area contributed by atoms with Gasteiger partial charge >= 0.3 is 11.8 Å². The zero-order valence-electron chi connectivity index (χ0n) is 14.9. The smallest absolute Gasteiger partial charge is 0.410 e. The van der Waals surface area contributed by atoms with Crippen LogP contribution in [-0.2, 0) is 11.8 Å². The molecule has 1 saturated heterocycles. The van der Waals surface area contributed by atoms with Gasteiger partial charge in [-0.2, -0.15) is 0 Å². The molecule has 9 heteroatoms. The largest absolute Gasteiger partial charge is 0.444 e. The van der Waals surface area contributed by atoms with Crippen LogP contribution >= 0.6 is 0 Å². The highest BCUT2D eigenvalue weighted by Crippen LogP contribution is 2.22. The normalized spacial score (nSPS) is 16.4. The topological polar surface area (TPSA) is 102 Å². The van der Waals surface area contributed by atoms with Gasteiger partial charge in [0, 0.05) is 26.2 Å². The van der Waals surface area contributed by atoms with Crippen LogP contribution in [0.5, 0.6) is 0 Å². The molecule has 0 bridgehead atoms. The Morgan fingerprint density at radius 1 is 1.28 bits per heavy atom. The Bertz CT molecular complexity index is 909. The monoisotopic (exact) mass is 349 g/mol. The first kappa shape index (κ1) is 17.2. The number of carbonyl (C=O) groups is 1. The Balaban J connectivity index is 1.82. The molecular formula is C16H23N5O4. The molecule has 0 atom stereocenters. The zero-order chi connectivity index (χ0) is 18.4. The summed E-state index contributed by atoms with van der Waals surface area (Å²) in [5.41, 5.74) is -0.646. The van der Waals surface area contributed by atoms with Gasteiger partial charge in [-0.3, -0.25) is 13.9 Å². The minimum absolute atomic E-state index is 0.252. The molecule has 1 N–H and O–H groups in total. The van der Waals surface area contributed by atoms with E-state index < -0.39 is 5.60 Å². The number of rotatable bonds is 1. The van der Waals surface area contributed by atoms with Crippen molar-refractivity contribution in [3.05, 3.63) is 27.2 Å². The maximum Gasteiger partial charge on any atom is 0.410 e. The average molecular weight is 349 g/mol. The van der Waals surface area contributed by atoms with Crippen LogP contribution in [0.1, 0.15) is 39.7 Å². The predicted molar refractivity (Wildman–Crippen MR) is 91.7 cm³/mol. The molecule has 1 fully saturated rings. The molecule has 0 radical (unpaired) electrons. The van der Waals surface area contributed by atoms with Gasteiger partial charge in [0.15, 0.2) is 5.65 Å². The first-order valence-corrected chi connectivity index (χ1v) is 8.31. The molecule has 1 aliphatic rings. The van der Waals surface area contributed by atoms with E-state index in [1.54, 1.807) is 11.9 Å². The van der Waals surface area contributed by atoms with Gasteiger partial charge in [0.1, 0.15) is 11.1 Å². The molecule has 1 aliphatic heterocycles. The van der Waals surface area contributed by atoms with Crippen molar-refractivity contribution in [2.24, 2.45) is 7.05 Å². The molecule has 9 nitrogen and oxygen atoms in total. The minimum Gasteiger partial charge on any atom is -0.444 e. The number of nitrogens with zero attached hydrogens (tertiary/aromatic N) is 4. The molecule has 3 heterocycles. The van der Waals surface area contributed by atoms with E-state index in [0.717, 1.165) is 0 Å². The number of imidazole rings is 1. The fraction of sp³-hybridized carbons (Fsp3) is 0.625. The number of ether oxygens (including phenoxy) is 1. The number of fused-ring (bicyclic) bond motifs is 1. The number of hydrogen-bond donors (Lipinski definition) is 1. The second-order valence-corrected chi connectivity index (χ2v) is 7.32. The molecule has 25 heavy (non-hydrogen) atoms. The van der Waals surface area contributed by atoms with E-state index in [0.29, 0.717) is 37.1 Å². The Hall–Kier alpha value is -2.58. The van der Waals surface area contributed by atoms with Gasteiger partial charge in [0.05, 0.1) is 6.33 Å². The third-order valence-electron chi connectivity index (χ3n) is 4.34. The number of aromatic amines is 1. The lowest BCUT2D eigenvalue weighted by atomic mass is 10.1. The quantitative estimate of drug-likeness (QED) is 0.827. The lowest BCUT2D eigenvalue weighted by Crippen LogP contribution is -2.47. The molecule has 2 aromatic rings. The molecule has 0 aromatic carbocycles. The Kier molecular flexibility index (Phi) is 4.18. The lowest BCUT2D eigenvalue weighted by Gasteiger charge is -2.33. The number of hydrogen-bond acceptors (Lipinski definition) is 5. The zero-order valence-corrected chi connectivity index (χ0v) is 14.9. The summed E-state index contributed by atoms with van der Waals surface area (Å²) < 4.78 is 8.01. The number of aromatic nitrogens is 4. The van der Waals surface area contributed by atoms with Crippen molar-refractivity contribution in [1.82, 2.24) is 24.0 Å². The van der Waals surface area contributed by atoms with E-state index in [1.165, 1.54) is 15.5 Å². The van der Waals surface area contributed by atoms with Crippen LogP contribution < -0.4 is 11.2 Å². The number of piperidine rings is 1. The lowest BCUT2D eigenvalue weighted by molar-refractivity contribution is 0.0186. The van der Waals surface area contributed by atoms with E-state index >= 15 is 0 Å². The second kappa shape index (κ2) is 6.05. The van der Waals surface area contributed by atoms with Crippen LogP contribution in [0.2, 0.25) is 0 Å². The molecule has 0 aliphatic carbocycles. The Morgan fingerprint density at radius 2 is 1.92 bits per heavy atom. The fourth-order valence-electron chi connectivity index (χ4n) is 3.11. The van der Waals surface area contributed by atoms with Gasteiger partial charge in [-0.25, -0.2) is 14.6 Å². The highest BCUT2D eigenvalue weighted by atomic mass is 16.6. The van der Waals surface area contributed by atoms with Crippen molar-refractivity contribution in [3.8, 4) is 0 Å². The highest BCUT2D eigenvalue weighted by molar-refractivity contribution is 5.69. The molecule has 2 aromatic heterocycles. The van der Waals surface area contributed by atoms with Crippen LogP contribution in [0.3, 0.4) is 0 Å². The number of nitrogens with one attached hydrogen (secondary N) is 1. The average Bonchev–Trinajstić information content (AvgIpc) is 3.02. The number of likely N-dealkylation sites (tertiary alicyclic amines) is 1. The van der Waals surface area contributed by atoms with Gasteiger partial charge in [-0.15, -0.1) is 0 Å². The molecular weight excluding hydrogens is 326 g/mol. The number of amides is 1. The van der Waals surface area contributed by atoms with Crippen LogP contribution in [0.25, 0.3) is 11.2 Å². The summed E-state index contributed by atoms with van der Waals surface area (Å²) in [7, 11) is 1.59. The maximum atomic E-state index is 12.6. The molecule has 0 unspecified atom stereocenters. The van der Waals surface area contributed by atoms with Crippen molar-refractivity contribution >= 4 is 17.3 Å². The molecule has 136 valence electrons. The van der Waals surface area contributed by atoms with Gasteiger partial charge in [0.2, 0.25) is 0 Å². The standard InChI is InChI=1S/C16H23N5O4/c1-16(2,3)25-15(24)20-7-5-10(6-8-20)21-13(22)11-12(18-9-17-11)19(4)14(21)23/h9-10H,5-8H2,1-4H3,(H,17,18). The summed E-state index contributed by atoms with van der Waals surface area (Å²) >= 11 is 0. The second-order valence-electron chi connectivity index (χ2n) is 7.32.